The molecule has 5 nitrogen and oxygen atoms in total. The van der Waals surface area contributed by atoms with Crippen LogP contribution in [0.1, 0.15) is 12.1 Å². The van der Waals surface area contributed by atoms with E-state index in [9.17, 15) is 4.39 Å². The van der Waals surface area contributed by atoms with Gasteiger partial charge in [0.25, 0.3) is 0 Å². The van der Waals surface area contributed by atoms with Crippen LogP contribution in [0.25, 0.3) is 0 Å². The van der Waals surface area contributed by atoms with Crippen molar-refractivity contribution in [3.8, 4) is 0 Å². The molecule has 3 N–H and O–H groups in total. The number of nitrogens with zero attached hydrogens (tertiary/aromatic N) is 3. The van der Waals surface area contributed by atoms with Crippen LogP contribution in [-0.2, 0) is 0 Å². The summed E-state index contributed by atoms with van der Waals surface area (Å²) in [6, 6.07) is 8.57. The van der Waals surface area contributed by atoms with Crippen molar-refractivity contribution in [3.63, 3.8) is 0 Å². The van der Waals surface area contributed by atoms with Crippen LogP contribution >= 0.6 is 0 Å². The summed E-state index contributed by atoms with van der Waals surface area (Å²) < 4.78 is 13.0. The van der Waals surface area contributed by atoms with E-state index in [-0.39, 0.29) is 5.82 Å². The molecule has 1 fully saturated rings. The highest BCUT2D eigenvalue weighted by Gasteiger charge is 2.22. The lowest BCUT2D eigenvalue weighted by atomic mass is 10.1. The van der Waals surface area contributed by atoms with Gasteiger partial charge in [0, 0.05) is 37.1 Å². The number of rotatable bonds is 4. The van der Waals surface area contributed by atoms with E-state index in [2.05, 4.69) is 20.2 Å². The molecule has 0 spiro atoms. The Kier molecular flexibility index (Phi) is 4.09. The Morgan fingerprint density at radius 3 is 2.82 bits per heavy atom. The van der Waals surface area contributed by atoms with Crippen molar-refractivity contribution < 1.29 is 4.39 Å². The van der Waals surface area contributed by atoms with Crippen LogP contribution in [0.4, 0.5) is 21.8 Å². The molecule has 22 heavy (non-hydrogen) atoms. The number of nitrogens with two attached hydrogens (primary N) is 1. The Morgan fingerprint density at radius 1 is 1.32 bits per heavy atom. The third-order valence-electron chi connectivity index (χ3n) is 3.92. The Bertz CT molecular complexity index is 623. The first-order valence-corrected chi connectivity index (χ1v) is 7.46. The lowest BCUT2D eigenvalue weighted by Gasteiger charge is -2.19. The molecule has 1 aromatic carbocycles. The molecule has 0 unspecified atom stereocenters. The summed E-state index contributed by atoms with van der Waals surface area (Å²) >= 11 is 0. The number of aromatic nitrogens is 2. The largest absolute Gasteiger partial charge is 0.371 e. The van der Waals surface area contributed by atoms with Crippen molar-refractivity contribution in [3.05, 3.63) is 41.8 Å². The predicted molar refractivity (Wildman–Crippen MR) is 86.4 cm³/mol. The third-order valence-corrected chi connectivity index (χ3v) is 3.92. The maximum atomic E-state index is 13.0. The minimum absolute atomic E-state index is 0.196. The molecular formula is C16H20FN5. The fraction of sp³-hybridized carbons (Fsp3) is 0.375. The summed E-state index contributed by atoms with van der Waals surface area (Å²) in [5, 5.41) is 3.33. The topological polar surface area (TPSA) is 67.1 Å². The first-order valence-electron chi connectivity index (χ1n) is 7.46. The minimum Gasteiger partial charge on any atom is -0.371 e. The fourth-order valence-electron chi connectivity index (χ4n) is 2.82. The number of nitrogens with one attached hydrogen (secondary N) is 1. The van der Waals surface area contributed by atoms with E-state index in [0.717, 1.165) is 43.3 Å². The van der Waals surface area contributed by atoms with Gasteiger partial charge in [-0.2, -0.15) is 4.98 Å². The quantitative estimate of drug-likeness (QED) is 0.908. The highest BCUT2D eigenvalue weighted by molar-refractivity contribution is 5.47. The zero-order valence-corrected chi connectivity index (χ0v) is 12.6. The van der Waals surface area contributed by atoms with Crippen LogP contribution in [-0.4, -0.2) is 29.6 Å². The standard InChI is InChI=1S/C16H20FN5/c1-11-8-15(21-16(18)20-11)19-9-12-6-7-22(10-12)14-4-2-13(17)3-5-14/h2-5,8,12H,6-7,9-10H2,1H3,(H3,18,19,20,21)/t12-/m0/s1. The van der Waals surface area contributed by atoms with Gasteiger partial charge >= 0.3 is 0 Å². The number of benzene rings is 1. The number of nitrogen functional groups attached to an aromatic ring is 1. The van der Waals surface area contributed by atoms with E-state index in [1.54, 1.807) is 0 Å². The van der Waals surface area contributed by atoms with Gasteiger partial charge in [0.05, 0.1) is 0 Å². The van der Waals surface area contributed by atoms with Gasteiger partial charge < -0.3 is 16.0 Å². The summed E-state index contributed by atoms with van der Waals surface area (Å²) in [6.07, 6.45) is 1.10. The van der Waals surface area contributed by atoms with Crippen molar-refractivity contribution in [1.29, 1.82) is 0 Å². The first kappa shape index (κ1) is 14.6. The molecule has 0 amide bonds. The van der Waals surface area contributed by atoms with E-state index in [4.69, 9.17) is 5.73 Å². The lowest BCUT2D eigenvalue weighted by Crippen LogP contribution is -2.22. The van der Waals surface area contributed by atoms with Gasteiger partial charge in [-0.1, -0.05) is 0 Å². The van der Waals surface area contributed by atoms with Crippen molar-refractivity contribution >= 4 is 17.5 Å². The molecule has 0 saturated carbocycles. The van der Waals surface area contributed by atoms with Crippen LogP contribution in [0.2, 0.25) is 0 Å². The van der Waals surface area contributed by atoms with Crippen molar-refractivity contribution in [2.75, 3.05) is 35.6 Å². The summed E-state index contributed by atoms with van der Waals surface area (Å²) in [6.45, 7) is 4.68. The highest BCUT2D eigenvalue weighted by Crippen LogP contribution is 2.24. The predicted octanol–water partition coefficient (Wildman–Crippen LogP) is 2.44. The van der Waals surface area contributed by atoms with Gasteiger partial charge in [0.2, 0.25) is 5.95 Å². The van der Waals surface area contributed by atoms with Crippen LogP contribution in [0.15, 0.2) is 30.3 Å². The molecule has 0 radical (unpaired) electrons. The second-order valence-corrected chi connectivity index (χ2v) is 5.71. The van der Waals surface area contributed by atoms with E-state index in [0.29, 0.717) is 11.9 Å². The maximum Gasteiger partial charge on any atom is 0.222 e. The summed E-state index contributed by atoms with van der Waals surface area (Å²) in [5.74, 6) is 1.39. The lowest BCUT2D eigenvalue weighted by molar-refractivity contribution is 0.620. The minimum atomic E-state index is -0.196. The second-order valence-electron chi connectivity index (χ2n) is 5.71. The normalized spacial score (nSPS) is 17.7. The summed E-state index contributed by atoms with van der Waals surface area (Å²) in [7, 11) is 0. The van der Waals surface area contributed by atoms with Crippen LogP contribution < -0.4 is 16.0 Å². The van der Waals surface area contributed by atoms with Crippen molar-refractivity contribution in [2.24, 2.45) is 5.92 Å². The average molecular weight is 301 g/mol. The third kappa shape index (κ3) is 3.44. The Hall–Kier alpha value is -2.37. The van der Waals surface area contributed by atoms with Gasteiger partial charge in [0.15, 0.2) is 0 Å². The SMILES string of the molecule is Cc1cc(NC[C@@H]2CCN(c3ccc(F)cc3)C2)nc(N)n1. The summed E-state index contributed by atoms with van der Waals surface area (Å²) in [5.41, 5.74) is 7.58. The molecule has 1 atom stereocenters. The van der Waals surface area contributed by atoms with Crippen LogP contribution in [0.3, 0.4) is 0 Å². The molecule has 1 aliphatic rings. The molecule has 3 rings (SSSR count). The Morgan fingerprint density at radius 2 is 2.09 bits per heavy atom. The Labute approximate surface area is 129 Å². The molecule has 116 valence electrons. The monoisotopic (exact) mass is 301 g/mol. The van der Waals surface area contributed by atoms with Crippen molar-refractivity contribution in [1.82, 2.24) is 9.97 Å². The molecule has 2 aromatic rings. The van der Waals surface area contributed by atoms with E-state index < -0.39 is 0 Å². The zero-order chi connectivity index (χ0) is 15.5. The van der Waals surface area contributed by atoms with Crippen LogP contribution in [0.5, 0.6) is 0 Å². The number of aryl methyl sites for hydroxylation is 1. The van der Waals surface area contributed by atoms with Gasteiger partial charge in [0.1, 0.15) is 11.6 Å². The zero-order valence-electron chi connectivity index (χ0n) is 12.6. The number of anilines is 3. The van der Waals surface area contributed by atoms with Crippen molar-refractivity contribution in [2.45, 2.75) is 13.3 Å². The second kappa shape index (κ2) is 6.17. The molecule has 0 aliphatic carbocycles. The Balaban J connectivity index is 1.55. The number of hydrogen-bond acceptors (Lipinski definition) is 5. The van der Waals surface area contributed by atoms with Gasteiger partial charge in [-0.15, -0.1) is 0 Å². The maximum absolute atomic E-state index is 13.0. The summed E-state index contributed by atoms with van der Waals surface area (Å²) in [4.78, 5) is 10.5. The molecular weight excluding hydrogens is 281 g/mol. The highest BCUT2D eigenvalue weighted by atomic mass is 19.1. The average Bonchev–Trinajstić information content (AvgIpc) is 2.94. The number of hydrogen-bond donors (Lipinski definition) is 2. The molecule has 0 bridgehead atoms. The molecule has 6 heteroatoms. The molecule has 1 aliphatic heterocycles. The smallest absolute Gasteiger partial charge is 0.222 e. The molecule has 1 saturated heterocycles. The van der Waals surface area contributed by atoms with E-state index in [1.165, 1.54) is 12.1 Å². The number of halogens is 1. The van der Waals surface area contributed by atoms with Gasteiger partial charge in [-0.3, -0.25) is 0 Å². The van der Waals surface area contributed by atoms with E-state index >= 15 is 0 Å². The molecule has 1 aromatic heterocycles. The molecule has 2 heterocycles. The first-order chi connectivity index (χ1) is 10.6. The van der Waals surface area contributed by atoms with Crippen LogP contribution in [0, 0.1) is 18.7 Å². The fourth-order valence-corrected chi connectivity index (χ4v) is 2.82. The van der Waals surface area contributed by atoms with Gasteiger partial charge in [-0.05, 0) is 43.5 Å². The van der Waals surface area contributed by atoms with Gasteiger partial charge in [-0.25, -0.2) is 9.37 Å². The van der Waals surface area contributed by atoms with E-state index in [1.807, 2.05) is 25.1 Å².